The van der Waals surface area contributed by atoms with E-state index < -0.39 is 0 Å². The van der Waals surface area contributed by atoms with E-state index in [-0.39, 0.29) is 0 Å². The van der Waals surface area contributed by atoms with Crippen LogP contribution >= 0.6 is 0 Å². The SMILES string of the molecule is C#CCCc1ccc(OCCC)c(C(C)C)c1. The molecule has 0 amide bonds. The number of hydrogen-bond acceptors (Lipinski definition) is 1. The average Bonchev–Trinajstić information content (AvgIpc) is 2.34. The zero-order valence-electron chi connectivity index (χ0n) is 11.1. The van der Waals surface area contributed by atoms with Crippen molar-refractivity contribution in [2.45, 2.75) is 46.0 Å². The molecule has 0 aliphatic rings. The molecule has 0 aromatic heterocycles. The van der Waals surface area contributed by atoms with E-state index in [9.17, 15) is 0 Å². The standard InChI is InChI=1S/C16H22O/c1-5-7-8-14-9-10-16(17-11-6-2)15(12-14)13(3)4/h1,9-10,12-13H,6-8,11H2,2-4H3. The van der Waals surface area contributed by atoms with E-state index in [1.54, 1.807) is 0 Å². The maximum Gasteiger partial charge on any atom is 0.122 e. The van der Waals surface area contributed by atoms with Gasteiger partial charge in [0, 0.05) is 6.42 Å². The van der Waals surface area contributed by atoms with E-state index in [2.05, 4.69) is 44.9 Å². The molecule has 0 unspecified atom stereocenters. The zero-order valence-corrected chi connectivity index (χ0v) is 11.1. The number of ether oxygens (including phenoxy) is 1. The quantitative estimate of drug-likeness (QED) is 0.667. The van der Waals surface area contributed by atoms with Crippen LogP contribution in [0.5, 0.6) is 5.75 Å². The third-order valence-electron chi connectivity index (χ3n) is 2.72. The van der Waals surface area contributed by atoms with Crippen molar-refractivity contribution in [1.29, 1.82) is 0 Å². The largest absolute Gasteiger partial charge is 0.493 e. The Morgan fingerprint density at radius 1 is 1.35 bits per heavy atom. The smallest absolute Gasteiger partial charge is 0.122 e. The molecule has 0 bridgehead atoms. The summed E-state index contributed by atoms with van der Waals surface area (Å²) >= 11 is 0. The van der Waals surface area contributed by atoms with Crippen molar-refractivity contribution >= 4 is 0 Å². The third-order valence-corrected chi connectivity index (χ3v) is 2.72. The lowest BCUT2D eigenvalue weighted by Gasteiger charge is -2.15. The Hall–Kier alpha value is -1.42. The molecule has 1 aromatic carbocycles. The predicted molar refractivity (Wildman–Crippen MR) is 73.5 cm³/mol. The van der Waals surface area contributed by atoms with Crippen molar-refractivity contribution in [2.24, 2.45) is 0 Å². The molecular formula is C16H22O. The summed E-state index contributed by atoms with van der Waals surface area (Å²) in [5.74, 6) is 4.18. The second-order valence-corrected chi connectivity index (χ2v) is 4.58. The van der Waals surface area contributed by atoms with Gasteiger partial charge in [0.15, 0.2) is 0 Å². The van der Waals surface area contributed by atoms with Gasteiger partial charge in [-0.1, -0.05) is 32.9 Å². The number of rotatable bonds is 6. The highest BCUT2D eigenvalue weighted by atomic mass is 16.5. The minimum absolute atomic E-state index is 0.479. The summed E-state index contributed by atoms with van der Waals surface area (Å²) in [5.41, 5.74) is 2.59. The van der Waals surface area contributed by atoms with Gasteiger partial charge in [0.25, 0.3) is 0 Å². The number of hydrogen-bond donors (Lipinski definition) is 0. The fraction of sp³-hybridized carbons (Fsp3) is 0.500. The molecule has 0 spiro atoms. The van der Waals surface area contributed by atoms with E-state index >= 15 is 0 Å². The van der Waals surface area contributed by atoms with Crippen LogP contribution in [0.25, 0.3) is 0 Å². The van der Waals surface area contributed by atoms with Crippen molar-refractivity contribution in [1.82, 2.24) is 0 Å². The van der Waals surface area contributed by atoms with E-state index in [4.69, 9.17) is 11.2 Å². The summed E-state index contributed by atoms with van der Waals surface area (Å²) < 4.78 is 5.77. The van der Waals surface area contributed by atoms with Crippen LogP contribution in [-0.2, 0) is 6.42 Å². The highest BCUT2D eigenvalue weighted by Crippen LogP contribution is 2.28. The molecule has 0 aliphatic carbocycles. The van der Waals surface area contributed by atoms with Crippen LogP contribution < -0.4 is 4.74 Å². The van der Waals surface area contributed by atoms with Gasteiger partial charge < -0.3 is 4.74 Å². The van der Waals surface area contributed by atoms with Gasteiger partial charge in [-0.3, -0.25) is 0 Å². The molecule has 17 heavy (non-hydrogen) atoms. The fourth-order valence-corrected chi connectivity index (χ4v) is 1.76. The Balaban J connectivity index is 2.88. The van der Waals surface area contributed by atoms with E-state index in [1.807, 2.05) is 0 Å². The van der Waals surface area contributed by atoms with Crippen molar-refractivity contribution < 1.29 is 4.74 Å². The van der Waals surface area contributed by atoms with Crippen molar-refractivity contribution in [3.05, 3.63) is 29.3 Å². The van der Waals surface area contributed by atoms with Crippen molar-refractivity contribution in [3.63, 3.8) is 0 Å². The molecule has 1 aromatic rings. The average molecular weight is 230 g/mol. The Morgan fingerprint density at radius 2 is 2.12 bits per heavy atom. The van der Waals surface area contributed by atoms with Crippen molar-refractivity contribution in [3.8, 4) is 18.1 Å². The molecule has 1 rings (SSSR count). The summed E-state index contributed by atoms with van der Waals surface area (Å²) in [6.45, 7) is 7.29. The van der Waals surface area contributed by atoms with Crippen LogP contribution in [0.4, 0.5) is 0 Å². The monoisotopic (exact) mass is 230 g/mol. The van der Waals surface area contributed by atoms with E-state index in [0.717, 1.165) is 31.6 Å². The van der Waals surface area contributed by atoms with Gasteiger partial charge in [0.2, 0.25) is 0 Å². The summed E-state index contributed by atoms with van der Waals surface area (Å²) in [6.07, 6.45) is 8.08. The first-order chi connectivity index (χ1) is 8.19. The minimum Gasteiger partial charge on any atom is -0.493 e. The molecule has 0 radical (unpaired) electrons. The van der Waals surface area contributed by atoms with Gasteiger partial charge in [-0.25, -0.2) is 0 Å². The molecule has 0 saturated heterocycles. The second kappa shape index (κ2) is 7.01. The van der Waals surface area contributed by atoms with Crippen LogP contribution in [0.3, 0.4) is 0 Å². The summed E-state index contributed by atoms with van der Waals surface area (Å²) in [4.78, 5) is 0. The summed E-state index contributed by atoms with van der Waals surface area (Å²) in [6, 6.07) is 6.43. The van der Waals surface area contributed by atoms with Crippen LogP contribution in [0.2, 0.25) is 0 Å². The first kappa shape index (κ1) is 13.6. The Bertz CT molecular complexity index is 385. The van der Waals surface area contributed by atoms with Crippen LogP contribution in [0.15, 0.2) is 18.2 Å². The van der Waals surface area contributed by atoms with Gasteiger partial charge >= 0.3 is 0 Å². The minimum atomic E-state index is 0.479. The maximum atomic E-state index is 5.77. The molecule has 92 valence electrons. The highest BCUT2D eigenvalue weighted by molar-refractivity contribution is 5.39. The van der Waals surface area contributed by atoms with Gasteiger partial charge in [-0.15, -0.1) is 12.3 Å². The third kappa shape index (κ3) is 4.15. The Labute approximate surface area is 105 Å². The molecular weight excluding hydrogens is 208 g/mol. The normalized spacial score (nSPS) is 10.3. The topological polar surface area (TPSA) is 9.23 Å². The fourth-order valence-electron chi connectivity index (χ4n) is 1.76. The Kier molecular flexibility index (Phi) is 5.63. The van der Waals surface area contributed by atoms with Gasteiger partial charge in [0.05, 0.1) is 6.61 Å². The summed E-state index contributed by atoms with van der Waals surface area (Å²) in [5, 5.41) is 0. The number of aryl methyl sites for hydroxylation is 1. The lowest BCUT2D eigenvalue weighted by Crippen LogP contribution is -2.01. The Morgan fingerprint density at radius 3 is 2.71 bits per heavy atom. The van der Waals surface area contributed by atoms with Crippen LogP contribution in [0.1, 0.15) is 50.7 Å². The van der Waals surface area contributed by atoms with Crippen LogP contribution in [-0.4, -0.2) is 6.61 Å². The van der Waals surface area contributed by atoms with Crippen LogP contribution in [0, 0.1) is 12.3 Å². The predicted octanol–water partition coefficient (Wildman–Crippen LogP) is 4.16. The lowest BCUT2D eigenvalue weighted by molar-refractivity contribution is 0.313. The molecule has 1 nitrogen and oxygen atoms in total. The maximum absolute atomic E-state index is 5.77. The lowest BCUT2D eigenvalue weighted by atomic mass is 9.98. The van der Waals surface area contributed by atoms with Crippen molar-refractivity contribution in [2.75, 3.05) is 6.61 Å². The van der Waals surface area contributed by atoms with E-state index in [1.165, 1.54) is 11.1 Å². The van der Waals surface area contributed by atoms with Gasteiger partial charge in [-0.05, 0) is 36.0 Å². The van der Waals surface area contributed by atoms with Gasteiger partial charge in [-0.2, -0.15) is 0 Å². The van der Waals surface area contributed by atoms with Gasteiger partial charge in [0.1, 0.15) is 5.75 Å². The zero-order chi connectivity index (χ0) is 12.7. The molecule has 0 fully saturated rings. The molecule has 0 heterocycles. The first-order valence-electron chi connectivity index (χ1n) is 6.38. The summed E-state index contributed by atoms with van der Waals surface area (Å²) in [7, 11) is 0. The first-order valence-corrected chi connectivity index (χ1v) is 6.38. The molecule has 0 saturated carbocycles. The highest BCUT2D eigenvalue weighted by Gasteiger charge is 2.08. The second-order valence-electron chi connectivity index (χ2n) is 4.58. The number of benzene rings is 1. The number of terminal acetylenes is 1. The molecule has 1 heteroatoms. The molecule has 0 atom stereocenters. The molecule has 0 N–H and O–H groups in total. The van der Waals surface area contributed by atoms with E-state index in [0.29, 0.717) is 5.92 Å². The molecule has 0 aliphatic heterocycles.